The molecule has 0 bridgehead atoms. The molecule has 8 nitrogen and oxygen atoms in total. The molecule has 1 fully saturated rings. The number of aliphatic hydroxyl groups excluding tert-OH is 2. The first kappa shape index (κ1) is 26.7. The number of amides is 1. The molecule has 38 heavy (non-hydrogen) atoms. The number of carbonyl (C=O) groups is 1. The number of aliphatic hydroxyl groups is 2. The number of hydrogen-bond donors (Lipinski definition) is 3. The molecular formula is C26H28F3N2O6P. The van der Waals surface area contributed by atoms with Crippen molar-refractivity contribution in [3.05, 3.63) is 53.5 Å². The third kappa shape index (κ3) is 4.73. The number of benzene rings is 2. The molecule has 1 saturated carbocycles. The maximum Gasteiger partial charge on any atom is 0.586 e. The van der Waals surface area contributed by atoms with Gasteiger partial charge in [-0.1, -0.05) is 19.9 Å². The number of fused-ring (bicyclic) bond motifs is 2. The van der Waals surface area contributed by atoms with E-state index in [-0.39, 0.29) is 23.7 Å². The molecule has 2 unspecified atom stereocenters. The third-order valence-electron chi connectivity index (χ3n) is 7.12. The van der Waals surface area contributed by atoms with Crippen molar-refractivity contribution in [2.75, 3.05) is 18.5 Å². The summed E-state index contributed by atoms with van der Waals surface area (Å²) in [5.74, 6) is -1.42. The van der Waals surface area contributed by atoms with Crippen LogP contribution in [0, 0.1) is 5.82 Å². The van der Waals surface area contributed by atoms with Crippen LogP contribution in [0.25, 0.3) is 10.9 Å². The van der Waals surface area contributed by atoms with Crippen LogP contribution in [0.3, 0.4) is 0 Å². The van der Waals surface area contributed by atoms with Crippen LogP contribution < -0.4 is 14.8 Å². The number of nitrogens with zero attached hydrogens (tertiary/aromatic N) is 1. The lowest BCUT2D eigenvalue weighted by Crippen LogP contribution is -2.29. The van der Waals surface area contributed by atoms with Gasteiger partial charge in [0.1, 0.15) is 5.82 Å². The second-order valence-electron chi connectivity index (χ2n) is 10.4. The Hall–Kier alpha value is -2.85. The summed E-state index contributed by atoms with van der Waals surface area (Å²) in [7, 11) is 2.20. The van der Waals surface area contributed by atoms with E-state index in [1.54, 1.807) is 4.57 Å². The fourth-order valence-electron chi connectivity index (χ4n) is 4.95. The van der Waals surface area contributed by atoms with Crippen molar-refractivity contribution >= 4 is 32.0 Å². The second-order valence-corrected chi connectivity index (χ2v) is 10.8. The Balaban J connectivity index is 1.46. The number of rotatable bonds is 9. The van der Waals surface area contributed by atoms with Crippen molar-refractivity contribution < 1.29 is 42.2 Å². The molecule has 204 valence electrons. The zero-order valence-corrected chi connectivity index (χ0v) is 21.9. The van der Waals surface area contributed by atoms with Gasteiger partial charge in [-0.15, -0.1) is 8.78 Å². The lowest BCUT2D eigenvalue weighted by Gasteiger charge is -2.26. The van der Waals surface area contributed by atoms with Crippen LogP contribution in [0.4, 0.5) is 18.9 Å². The van der Waals surface area contributed by atoms with Crippen LogP contribution in [-0.4, -0.2) is 46.3 Å². The second kappa shape index (κ2) is 9.41. The van der Waals surface area contributed by atoms with Gasteiger partial charge in [-0.25, -0.2) is 4.39 Å². The smallest absolute Gasteiger partial charge is 0.395 e. The molecule has 0 spiro atoms. The van der Waals surface area contributed by atoms with E-state index in [2.05, 4.69) is 24.3 Å². The fraction of sp³-hybridized carbons (Fsp3) is 0.423. The van der Waals surface area contributed by atoms with Crippen molar-refractivity contribution in [2.24, 2.45) is 0 Å². The van der Waals surface area contributed by atoms with Crippen LogP contribution in [0.15, 0.2) is 36.4 Å². The molecule has 2 heterocycles. The van der Waals surface area contributed by atoms with E-state index in [1.807, 2.05) is 19.9 Å². The van der Waals surface area contributed by atoms with Gasteiger partial charge in [0, 0.05) is 32.0 Å². The van der Waals surface area contributed by atoms with Crippen molar-refractivity contribution in [1.29, 1.82) is 0 Å². The minimum atomic E-state index is -3.77. The van der Waals surface area contributed by atoms with Crippen molar-refractivity contribution in [2.45, 2.75) is 56.5 Å². The van der Waals surface area contributed by atoms with Gasteiger partial charge in [-0.2, -0.15) is 0 Å². The third-order valence-corrected chi connectivity index (χ3v) is 7.29. The molecule has 5 rings (SSSR count). The first-order chi connectivity index (χ1) is 17.9. The maximum atomic E-state index is 15.3. The number of hydrogen-bond acceptors (Lipinski definition) is 6. The summed E-state index contributed by atoms with van der Waals surface area (Å²) in [6.45, 7) is 3.76. The molecule has 1 aliphatic heterocycles. The van der Waals surface area contributed by atoms with Gasteiger partial charge in [0.2, 0.25) is 5.91 Å². The van der Waals surface area contributed by atoms with Crippen LogP contribution in [0.1, 0.15) is 37.9 Å². The topological polar surface area (TPSA) is 102 Å². The number of alkyl halides is 2. The van der Waals surface area contributed by atoms with E-state index in [0.29, 0.717) is 35.9 Å². The molecule has 2 atom stereocenters. The largest absolute Gasteiger partial charge is 0.586 e. The molecule has 3 N–H and O–H groups in total. The fourth-order valence-corrected chi connectivity index (χ4v) is 5.36. The van der Waals surface area contributed by atoms with Gasteiger partial charge in [0.15, 0.2) is 11.5 Å². The average molecular weight is 552 g/mol. The number of halogens is 3. The molecule has 1 aromatic heterocycles. The highest BCUT2D eigenvalue weighted by molar-refractivity contribution is 7.09. The standard InChI is InChI=1S/C26H28F3N2O6P/c1-24(2,13-35-38)22-8-14-7-18(17(27)10-19(14)31(22)11-16(33)12-32)30-23(34)25(5-6-25)15-3-4-20-21(9-15)37-26(28,29)36-20/h3-4,7-10,16,32-33H,5-6,11-13,38H2,1-2H3,(H,30,34). The highest BCUT2D eigenvalue weighted by Gasteiger charge is 2.53. The molecular weight excluding hydrogens is 524 g/mol. The number of anilines is 1. The van der Waals surface area contributed by atoms with Gasteiger partial charge in [0.05, 0.1) is 42.5 Å². The maximum absolute atomic E-state index is 15.3. The highest BCUT2D eigenvalue weighted by Crippen LogP contribution is 2.52. The molecule has 2 aliphatic rings. The highest BCUT2D eigenvalue weighted by atomic mass is 31.0. The zero-order chi connectivity index (χ0) is 27.5. The van der Waals surface area contributed by atoms with Crippen LogP contribution >= 0.6 is 9.47 Å². The van der Waals surface area contributed by atoms with E-state index in [4.69, 9.17) is 4.52 Å². The summed E-state index contributed by atoms with van der Waals surface area (Å²) in [5, 5.41) is 22.8. The molecule has 0 saturated heterocycles. The van der Waals surface area contributed by atoms with E-state index in [9.17, 15) is 23.8 Å². The van der Waals surface area contributed by atoms with Gasteiger partial charge < -0.3 is 34.1 Å². The SMILES string of the molecule is CC(C)(COP)c1cc2cc(NC(=O)C3(c4ccc5c(c4)OC(F)(F)O5)CC3)c(F)cc2n1CC(O)CO. The molecule has 2 aromatic carbocycles. The van der Waals surface area contributed by atoms with Crippen molar-refractivity contribution in [1.82, 2.24) is 4.57 Å². The predicted octanol–water partition coefficient (Wildman–Crippen LogP) is 4.21. The van der Waals surface area contributed by atoms with Crippen LogP contribution in [-0.2, 0) is 26.7 Å². The zero-order valence-electron chi connectivity index (χ0n) is 20.8. The van der Waals surface area contributed by atoms with E-state index >= 15 is 4.39 Å². The minimum absolute atomic E-state index is 0.0347. The summed E-state index contributed by atoms with van der Waals surface area (Å²) >= 11 is 0. The summed E-state index contributed by atoms with van der Waals surface area (Å²) in [6, 6.07) is 8.85. The van der Waals surface area contributed by atoms with Crippen molar-refractivity contribution in [3.63, 3.8) is 0 Å². The molecule has 1 amide bonds. The summed E-state index contributed by atoms with van der Waals surface area (Å²) in [6.07, 6.45) is -3.91. The van der Waals surface area contributed by atoms with E-state index in [1.165, 1.54) is 30.3 Å². The Bertz CT molecular complexity index is 1410. The van der Waals surface area contributed by atoms with Crippen molar-refractivity contribution in [3.8, 4) is 11.5 Å². The molecule has 0 radical (unpaired) electrons. The number of aromatic nitrogens is 1. The average Bonchev–Trinajstić information content (AvgIpc) is 3.50. The minimum Gasteiger partial charge on any atom is -0.395 e. The van der Waals surface area contributed by atoms with Gasteiger partial charge in [-0.05, 0) is 42.7 Å². The number of ether oxygens (including phenoxy) is 2. The Labute approximate surface area is 219 Å². The summed E-state index contributed by atoms with van der Waals surface area (Å²) < 4.78 is 58.2. The Morgan fingerprint density at radius 2 is 1.92 bits per heavy atom. The normalized spacial score (nSPS) is 18.0. The number of carbonyl (C=O) groups excluding carboxylic acids is 1. The lowest BCUT2D eigenvalue weighted by molar-refractivity contribution is -0.286. The quantitative estimate of drug-likeness (QED) is 0.344. The Morgan fingerprint density at radius 1 is 1.21 bits per heavy atom. The Morgan fingerprint density at radius 3 is 2.58 bits per heavy atom. The van der Waals surface area contributed by atoms with E-state index in [0.717, 1.165) is 5.69 Å². The Kier molecular flexibility index (Phi) is 6.62. The van der Waals surface area contributed by atoms with Gasteiger partial charge in [0.25, 0.3) is 0 Å². The van der Waals surface area contributed by atoms with Gasteiger partial charge in [-0.3, -0.25) is 4.79 Å². The summed E-state index contributed by atoms with van der Waals surface area (Å²) in [5.41, 5.74) is 0.149. The molecule has 1 aliphatic carbocycles. The number of nitrogens with one attached hydrogen (secondary N) is 1. The van der Waals surface area contributed by atoms with Crippen LogP contribution in [0.2, 0.25) is 0 Å². The predicted molar refractivity (Wildman–Crippen MR) is 136 cm³/mol. The first-order valence-electron chi connectivity index (χ1n) is 12.0. The monoisotopic (exact) mass is 552 g/mol. The van der Waals surface area contributed by atoms with E-state index < -0.39 is 41.6 Å². The first-order valence-corrected chi connectivity index (χ1v) is 12.5. The van der Waals surface area contributed by atoms with Gasteiger partial charge >= 0.3 is 6.29 Å². The molecule has 3 aromatic rings. The van der Waals surface area contributed by atoms with Crippen LogP contribution in [0.5, 0.6) is 11.5 Å². The lowest BCUT2D eigenvalue weighted by atomic mass is 9.90. The molecule has 12 heteroatoms. The summed E-state index contributed by atoms with van der Waals surface area (Å²) in [4.78, 5) is 13.3.